The lowest BCUT2D eigenvalue weighted by molar-refractivity contribution is -0.126. The number of benzene rings is 2. The summed E-state index contributed by atoms with van der Waals surface area (Å²) >= 11 is 0. The standard InChI is InChI=1S/C22H24N2O3/c1-3-4-13-18-19-20(27-24(18)16-10-6-5-7-11-16)22(26)23(21(19)25)17-12-8-9-15(2)14-17/h5-12,14,18-20H,3-4,13H2,1-2H3/t18-,19+,20+/m1/s1. The van der Waals surface area contributed by atoms with Gasteiger partial charge < -0.3 is 0 Å². The van der Waals surface area contributed by atoms with Gasteiger partial charge in [0.05, 0.1) is 23.3 Å². The quantitative estimate of drug-likeness (QED) is 0.756. The van der Waals surface area contributed by atoms with Crippen LogP contribution in [0.25, 0.3) is 0 Å². The van der Waals surface area contributed by atoms with E-state index in [0.29, 0.717) is 5.69 Å². The van der Waals surface area contributed by atoms with Crippen LogP contribution < -0.4 is 9.96 Å². The highest BCUT2D eigenvalue weighted by atomic mass is 16.7. The lowest BCUT2D eigenvalue weighted by atomic mass is 9.92. The molecule has 2 aromatic rings. The van der Waals surface area contributed by atoms with Crippen LogP contribution in [0.4, 0.5) is 11.4 Å². The Morgan fingerprint density at radius 1 is 0.963 bits per heavy atom. The van der Waals surface area contributed by atoms with E-state index in [1.807, 2.05) is 55.5 Å². The van der Waals surface area contributed by atoms with Gasteiger partial charge in [0.2, 0.25) is 5.91 Å². The SMILES string of the molecule is CCCC[C@@H]1[C@@H]2C(=O)N(c3cccc(C)c3)C(=O)[C@H]2ON1c1ccccc1. The van der Waals surface area contributed by atoms with E-state index in [1.54, 1.807) is 11.1 Å². The third kappa shape index (κ3) is 3.02. The highest BCUT2D eigenvalue weighted by Gasteiger charge is 2.59. The Balaban J connectivity index is 1.68. The highest BCUT2D eigenvalue weighted by Crippen LogP contribution is 2.41. The van der Waals surface area contributed by atoms with Gasteiger partial charge >= 0.3 is 0 Å². The maximum absolute atomic E-state index is 13.3. The monoisotopic (exact) mass is 364 g/mol. The molecule has 0 N–H and O–H groups in total. The van der Waals surface area contributed by atoms with Gasteiger partial charge in [-0.2, -0.15) is 0 Å². The number of carbonyl (C=O) groups excluding carboxylic acids is 2. The van der Waals surface area contributed by atoms with Gasteiger partial charge in [0, 0.05) is 0 Å². The number of hydroxylamine groups is 1. The van der Waals surface area contributed by atoms with Gasteiger partial charge in [0.25, 0.3) is 5.91 Å². The lowest BCUT2D eigenvalue weighted by Crippen LogP contribution is -2.40. The van der Waals surface area contributed by atoms with Crippen LogP contribution in [0.2, 0.25) is 0 Å². The van der Waals surface area contributed by atoms with Gasteiger partial charge in [-0.05, 0) is 43.2 Å². The fraction of sp³-hybridized carbons (Fsp3) is 0.364. The number of amides is 2. The molecule has 0 spiro atoms. The Morgan fingerprint density at radius 3 is 2.41 bits per heavy atom. The molecule has 0 aliphatic carbocycles. The summed E-state index contributed by atoms with van der Waals surface area (Å²) < 4.78 is 0. The maximum Gasteiger partial charge on any atom is 0.266 e. The summed E-state index contributed by atoms with van der Waals surface area (Å²) in [4.78, 5) is 33.7. The molecule has 0 saturated carbocycles. The van der Waals surface area contributed by atoms with Crippen LogP contribution in [-0.2, 0) is 14.4 Å². The number of anilines is 2. The van der Waals surface area contributed by atoms with Crippen LogP contribution in [0.15, 0.2) is 54.6 Å². The number of nitrogens with zero attached hydrogens (tertiary/aromatic N) is 2. The Bertz CT molecular complexity index is 852. The first-order valence-electron chi connectivity index (χ1n) is 9.57. The van der Waals surface area contributed by atoms with E-state index in [9.17, 15) is 9.59 Å². The van der Waals surface area contributed by atoms with Crippen LogP contribution in [0.3, 0.4) is 0 Å². The van der Waals surface area contributed by atoms with Gasteiger partial charge in [-0.3, -0.25) is 14.4 Å². The highest BCUT2D eigenvalue weighted by molar-refractivity contribution is 6.23. The Morgan fingerprint density at radius 2 is 1.70 bits per heavy atom. The smallest absolute Gasteiger partial charge is 0.266 e. The summed E-state index contributed by atoms with van der Waals surface area (Å²) in [7, 11) is 0. The van der Waals surface area contributed by atoms with E-state index >= 15 is 0 Å². The molecule has 2 amide bonds. The fourth-order valence-corrected chi connectivity index (χ4v) is 4.05. The van der Waals surface area contributed by atoms with Crippen LogP contribution in [-0.4, -0.2) is 24.0 Å². The molecule has 3 atom stereocenters. The Hall–Kier alpha value is -2.66. The molecule has 4 rings (SSSR count). The van der Waals surface area contributed by atoms with Gasteiger partial charge in [-0.15, -0.1) is 0 Å². The molecule has 0 aromatic heterocycles. The molecule has 0 bridgehead atoms. The number of unbranched alkanes of at least 4 members (excludes halogenated alkanes) is 1. The van der Waals surface area contributed by atoms with E-state index in [2.05, 4.69) is 6.92 Å². The minimum Gasteiger partial charge on any atom is -0.273 e. The number of aryl methyl sites for hydroxylation is 1. The van der Waals surface area contributed by atoms with Crippen molar-refractivity contribution in [1.29, 1.82) is 0 Å². The van der Waals surface area contributed by atoms with Crippen LogP contribution in [0.5, 0.6) is 0 Å². The van der Waals surface area contributed by atoms with Crippen LogP contribution in [0.1, 0.15) is 31.7 Å². The molecule has 140 valence electrons. The zero-order valence-electron chi connectivity index (χ0n) is 15.7. The number of fused-ring (bicyclic) bond motifs is 1. The largest absolute Gasteiger partial charge is 0.273 e. The van der Waals surface area contributed by atoms with Crippen LogP contribution in [0, 0.1) is 12.8 Å². The molecule has 27 heavy (non-hydrogen) atoms. The van der Waals surface area contributed by atoms with Crippen molar-refractivity contribution in [2.75, 3.05) is 9.96 Å². The molecule has 2 heterocycles. The minimum absolute atomic E-state index is 0.136. The van der Waals surface area contributed by atoms with E-state index in [4.69, 9.17) is 4.84 Å². The van der Waals surface area contributed by atoms with Crippen LogP contribution >= 0.6 is 0 Å². The summed E-state index contributed by atoms with van der Waals surface area (Å²) in [6.07, 6.45) is 2.07. The summed E-state index contributed by atoms with van der Waals surface area (Å²) in [6.45, 7) is 4.08. The van der Waals surface area contributed by atoms with Gasteiger partial charge in [-0.25, -0.2) is 9.96 Å². The molecule has 0 unspecified atom stereocenters. The third-order valence-corrected chi connectivity index (χ3v) is 5.36. The van der Waals surface area contributed by atoms with E-state index < -0.39 is 12.0 Å². The van der Waals surface area contributed by atoms with Crippen molar-refractivity contribution in [2.45, 2.75) is 45.3 Å². The Labute approximate surface area is 159 Å². The van der Waals surface area contributed by atoms with Crippen molar-refractivity contribution in [3.8, 4) is 0 Å². The zero-order valence-corrected chi connectivity index (χ0v) is 15.7. The molecular formula is C22H24N2O3. The second kappa shape index (κ2) is 7.16. The second-order valence-electron chi connectivity index (χ2n) is 7.27. The number of rotatable bonds is 5. The first-order chi connectivity index (χ1) is 13.1. The van der Waals surface area contributed by atoms with Gasteiger partial charge in [-0.1, -0.05) is 50.1 Å². The molecule has 2 aliphatic heterocycles. The molecular weight excluding hydrogens is 340 g/mol. The first-order valence-corrected chi connectivity index (χ1v) is 9.57. The van der Waals surface area contributed by atoms with Crippen molar-refractivity contribution in [2.24, 2.45) is 5.92 Å². The van der Waals surface area contributed by atoms with Gasteiger partial charge in [0.1, 0.15) is 0 Å². The zero-order chi connectivity index (χ0) is 19.0. The summed E-state index contributed by atoms with van der Waals surface area (Å²) in [5, 5.41) is 1.79. The molecule has 5 heteroatoms. The molecule has 2 aliphatic rings. The van der Waals surface area contributed by atoms with Crippen molar-refractivity contribution in [1.82, 2.24) is 0 Å². The molecule has 2 saturated heterocycles. The Kier molecular flexibility index (Phi) is 4.70. The maximum atomic E-state index is 13.3. The fourth-order valence-electron chi connectivity index (χ4n) is 4.05. The average molecular weight is 364 g/mol. The first kappa shape index (κ1) is 17.7. The topological polar surface area (TPSA) is 49.9 Å². The number of para-hydroxylation sites is 1. The number of hydrogen-bond acceptors (Lipinski definition) is 4. The third-order valence-electron chi connectivity index (χ3n) is 5.36. The van der Waals surface area contributed by atoms with E-state index in [-0.39, 0.29) is 17.9 Å². The average Bonchev–Trinajstić information content (AvgIpc) is 3.17. The predicted molar refractivity (Wildman–Crippen MR) is 104 cm³/mol. The molecule has 5 nitrogen and oxygen atoms in total. The molecule has 0 radical (unpaired) electrons. The second-order valence-corrected chi connectivity index (χ2v) is 7.27. The van der Waals surface area contributed by atoms with Crippen molar-refractivity contribution >= 4 is 23.2 Å². The number of hydrogen-bond donors (Lipinski definition) is 0. The van der Waals surface area contributed by atoms with Gasteiger partial charge in [0.15, 0.2) is 6.10 Å². The minimum atomic E-state index is -0.750. The summed E-state index contributed by atoms with van der Waals surface area (Å²) in [6, 6.07) is 17.1. The normalized spacial score (nSPS) is 24.6. The number of imide groups is 1. The number of carbonyl (C=O) groups is 2. The molecule has 2 aromatic carbocycles. The predicted octanol–water partition coefficient (Wildman–Crippen LogP) is 3.86. The van der Waals surface area contributed by atoms with Crippen molar-refractivity contribution in [3.63, 3.8) is 0 Å². The van der Waals surface area contributed by atoms with E-state index in [1.165, 1.54) is 4.90 Å². The van der Waals surface area contributed by atoms with E-state index in [0.717, 1.165) is 30.5 Å². The summed E-state index contributed by atoms with van der Waals surface area (Å²) in [5.74, 6) is -0.893. The summed E-state index contributed by atoms with van der Waals surface area (Å²) in [5.41, 5.74) is 2.53. The lowest BCUT2D eigenvalue weighted by Gasteiger charge is -2.28. The van der Waals surface area contributed by atoms with Crippen molar-refractivity contribution < 1.29 is 14.4 Å². The molecule has 2 fully saturated rings. The van der Waals surface area contributed by atoms with Crippen molar-refractivity contribution in [3.05, 3.63) is 60.2 Å².